The summed E-state index contributed by atoms with van der Waals surface area (Å²) in [6.45, 7) is 8.05. The summed E-state index contributed by atoms with van der Waals surface area (Å²) in [5.41, 5.74) is 0. The van der Waals surface area contributed by atoms with Crippen LogP contribution in [-0.2, 0) is 11.3 Å². The Morgan fingerprint density at radius 3 is 3.38 bits per heavy atom. The minimum atomic E-state index is 0.327. The summed E-state index contributed by atoms with van der Waals surface area (Å²) in [5, 5.41) is 6.55. The topological polar surface area (TPSA) is 37.4 Å². The van der Waals surface area contributed by atoms with Crippen molar-refractivity contribution in [2.45, 2.75) is 19.6 Å². The van der Waals surface area contributed by atoms with E-state index in [-0.39, 0.29) is 0 Å². The molecule has 1 atom stereocenters. The first-order valence-corrected chi connectivity index (χ1v) is 6.69. The molecule has 1 aromatic rings. The van der Waals surface area contributed by atoms with Gasteiger partial charge in [-0.2, -0.15) is 0 Å². The monoisotopic (exact) mass is 241 g/mol. The zero-order valence-electron chi connectivity index (χ0n) is 9.69. The zero-order chi connectivity index (χ0) is 11.2. The Hall–Kier alpha value is -0.490. The zero-order valence-corrected chi connectivity index (χ0v) is 10.5. The van der Waals surface area contributed by atoms with E-state index in [1.165, 1.54) is 0 Å². The molecule has 1 unspecified atom stereocenters. The van der Waals surface area contributed by atoms with E-state index in [0.29, 0.717) is 6.10 Å². The van der Waals surface area contributed by atoms with Gasteiger partial charge >= 0.3 is 0 Å². The smallest absolute Gasteiger partial charge is 0.106 e. The van der Waals surface area contributed by atoms with Crippen LogP contribution in [-0.4, -0.2) is 48.8 Å². The number of hydrogen-bond acceptors (Lipinski definition) is 5. The normalized spacial score (nSPS) is 22.4. The van der Waals surface area contributed by atoms with Gasteiger partial charge in [0.15, 0.2) is 0 Å². The number of thiazole rings is 1. The minimum Gasteiger partial charge on any atom is -0.374 e. The lowest BCUT2D eigenvalue weighted by atomic mass is 10.2. The Balaban J connectivity index is 1.65. The van der Waals surface area contributed by atoms with E-state index < -0.39 is 0 Å². The summed E-state index contributed by atoms with van der Waals surface area (Å²) < 4.78 is 5.71. The third-order valence-corrected chi connectivity index (χ3v) is 3.58. The lowest BCUT2D eigenvalue weighted by Crippen LogP contribution is -2.46. The minimum absolute atomic E-state index is 0.327. The van der Waals surface area contributed by atoms with Crippen LogP contribution < -0.4 is 5.32 Å². The number of rotatable bonds is 5. The first-order valence-electron chi connectivity index (χ1n) is 5.81. The van der Waals surface area contributed by atoms with Crippen molar-refractivity contribution in [2.75, 3.05) is 32.8 Å². The van der Waals surface area contributed by atoms with Crippen molar-refractivity contribution in [3.63, 3.8) is 0 Å². The second-order valence-corrected chi connectivity index (χ2v) is 4.92. The Kier molecular flexibility index (Phi) is 4.71. The highest BCUT2D eigenvalue weighted by Crippen LogP contribution is 2.05. The van der Waals surface area contributed by atoms with Crippen LogP contribution in [0.3, 0.4) is 0 Å². The molecule has 0 radical (unpaired) electrons. The van der Waals surface area contributed by atoms with E-state index in [2.05, 4.69) is 22.1 Å². The first-order chi connectivity index (χ1) is 7.88. The highest BCUT2D eigenvalue weighted by molar-refractivity contribution is 7.09. The van der Waals surface area contributed by atoms with Gasteiger partial charge in [-0.3, -0.25) is 4.90 Å². The van der Waals surface area contributed by atoms with Gasteiger partial charge in [-0.15, -0.1) is 11.3 Å². The standard InChI is InChI=1S/C11H19N3OS/c1-2-14-4-5-15-10(9-14)7-12-8-11-13-3-6-16-11/h3,6,10,12H,2,4-5,7-9H2,1H3. The van der Waals surface area contributed by atoms with Gasteiger partial charge < -0.3 is 10.1 Å². The average molecular weight is 241 g/mol. The number of nitrogens with one attached hydrogen (secondary N) is 1. The van der Waals surface area contributed by atoms with Crippen molar-refractivity contribution in [3.8, 4) is 0 Å². The fourth-order valence-electron chi connectivity index (χ4n) is 1.87. The number of likely N-dealkylation sites (N-methyl/N-ethyl adjacent to an activating group) is 1. The number of hydrogen-bond donors (Lipinski definition) is 1. The van der Waals surface area contributed by atoms with E-state index in [0.717, 1.165) is 44.3 Å². The summed E-state index contributed by atoms with van der Waals surface area (Å²) in [6.07, 6.45) is 2.17. The van der Waals surface area contributed by atoms with Gasteiger partial charge in [0.2, 0.25) is 0 Å². The lowest BCUT2D eigenvalue weighted by molar-refractivity contribution is -0.0253. The SMILES string of the molecule is CCN1CCOC(CNCc2nccs2)C1. The van der Waals surface area contributed by atoms with Crippen LogP contribution in [0.2, 0.25) is 0 Å². The maximum Gasteiger partial charge on any atom is 0.106 e. The predicted octanol–water partition coefficient (Wildman–Crippen LogP) is 0.953. The van der Waals surface area contributed by atoms with Gasteiger partial charge in [-0.05, 0) is 6.54 Å². The second-order valence-electron chi connectivity index (χ2n) is 3.94. The first kappa shape index (κ1) is 12.0. The molecule has 1 aromatic heterocycles. The van der Waals surface area contributed by atoms with Crippen molar-refractivity contribution in [3.05, 3.63) is 16.6 Å². The van der Waals surface area contributed by atoms with Gasteiger partial charge in [0.1, 0.15) is 5.01 Å². The molecule has 1 aliphatic heterocycles. The number of ether oxygens (including phenoxy) is 1. The van der Waals surface area contributed by atoms with Crippen LogP contribution >= 0.6 is 11.3 Å². The second kappa shape index (κ2) is 6.30. The lowest BCUT2D eigenvalue weighted by Gasteiger charge is -2.32. The van der Waals surface area contributed by atoms with Crippen molar-refractivity contribution in [1.29, 1.82) is 0 Å². The maximum absolute atomic E-state index is 5.71. The predicted molar refractivity (Wildman–Crippen MR) is 65.7 cm³/mol. The van der Waals surface area contributed by atoms with Gasteiger partial charge in [0.25, 0.3) is 0 Å². The molecule has 1 saturated heterocycles. The quantitative estimate of drug-likeness (QED) is 0.833. The molecule has 0 aliphatic carbocycles. The van der Waals surface area contributed by atoms with E-state index in [1.54, 1.807) is 11.3 Å². The highest BCUT2D eigenvalue weighted by Gasteiger charge is 2.18. The van der Waals surface area contributed by atoms with Crippen molar-refractivity contribution in [1.82, 2.24) is 15.2 Å². The summed E-state index contributed by atoms with van der Waals surface area (Å²) in [5.74, 6) is 0. The molecule has 0 spiro atoms. The fraction of sp³-hybridized carbons (Fsp3) is 0.727. The highest BCUT2D eigenvalue weighted by atomic mass is 32.1. The van der Waals surface area contributed by atoms with Crippen molar-refractivity contribution in [2.24, 2.45) is 0 Å². The molecule has 4 nitrogen and oxygen atoms in total. The number of aromatic nitrogens is 1. The molecule has 90 valence electrons. The Morgan fingerprint density at radius 2 is 2.62 bits per heavy atom. The number of nitrogens with zero attached hydrogens (tertiary/aromatic N) is 2. The number of morpholine rings is 1. The fourth-order valence-corrected chi connectivity index (χ4v) is 2.46. The molecular weight excluding hydrogens is 222 g/mol. The molecule has 5 heteroatoms. The summed E-state index contributed by atoms with van der Waals surface area (Å²) in [6, 6.07) is 0. The van der Waals surface area contributed by atoms with Crippen LogP contribution in [0.4, 0.5) is 0 Å². The Labute approximate surface area is 101 Å². The average Bonchev–Trinajstić information content (AvgIpc) is 2.82. The van der Waals surface area contributed by atoms with Gasteiger partial charge in [-0.25, -0.2) is 4.98 Å². The van der Waals surface area contributed by atoms with Gasteiger partial charge in [0.05, 0.1) is 12.7 Å². The molecule has 2 rings (SSSR count). The third-order valence-electron chi connectivity index (χ3n) is 2.80. The maximum atomic E-state index is 5.71. The van der Waals surface area contributed by atoms with Gasteiger partial charge in [0, 0.05) is 37.8 Å². The van der Waals surface area contributed by atoms with Crippen molar-refractivity contribution < 1.29 is 4.74 Å². The van der Waals surface area contributed by atoms with Crippen LogP contribution in [0, 0.1) is 0 Å². The molecule has 1 fully saturated rings. The molecule has 16 heavy (non-hydrogen) atoms. The van der Waals surface area contributed by atoms with Crippen molar-refractivity contribution >= 4 is 11.3 Å². The van der Waals surface area contributed by atoms with E-state index >= 15 is 0 Å². The molecular formula is C11H19N3OS. The summed E-state index contributed by atoms with van der Waals surface area (Å²) in [4.78, 5) is 6.66. The third kappa shape index (κ3) is 3.52. The van der Waals surface area contributed by atoms with Crippen LogP contribution in [0.15, 0.2) is 11.6 Å². The van der Waals surface area contributed by atoms with Crippen LogP contribution in [0.5, 0.6) is 0 Å². The molecule has 0 saturated carbocycles. The van der Waals surface area contributed by atoms with E-state index in [9.17, 15) is 0 Å². The van der Waals surface area contributed by atoms with E-state index in [4.69, 9.17) is 4.74 Å². The van der Waals surface area contributed by atoms with Gasteiger partial charge in [-0.1, -0.05) is 6.92 Å². The molecule has 0 aromatic carbocycles. The molecule has 1 aliphatic rings. The van der Waals surface area contributed by atoms with Crippen LogP contribution in [0.1, 0.15) is 11.9 Å². The Bertz CT molecular complexity index is 291. The Morgan fingerprint density at radius 1 is 1.69 bits per heavy atom. The molecule has 1 N–H and O–H groups in total. The summed E-state index contributed by atoms with van der Waals surface area (Å²) in [7, 11) is 0. The molecule has 0 amide bonds. The largest absolute Gasteiger partial charge is 0.374 e. The van der Waals surface area contributed by atoms with E-state index in [1.807, 2.05) is 11.6 Å². The molecule has 0 bridgehead atoms. The summed E-state index contributed by atoms with van der Waals surface area (Å²) >= 11 is 1.69. The molecule has 2 heterocycles. The van der Waals surface area contributed by atoms with Crippen LogP contribution in [0.25, 0.3) is 0 Å².